The van der Waals surface area contributed by atoms with Crippen LogP contribution in [0.25, 0.3) is 0 Å². The van der Waals surface area contributed by atoms with E-state index in [-0.39, 0.29) is 35.5 Å². The zero-order valence-corrected chi connectivity index (χ0v) is 25.8. The number of halogens is 3. The highest BCUT2D eigenvalue weighted by molar-refractivity contribution is 7.92. The van der Waals surface area contributed by atoms with E-state index in [1.165, 1.54) is 23.1 Å². The molecule has 0 radical (unpaired) electrons. The molecule has 0 unspecified atom stereocenters. The molecule has 1 atom stereocenters. The number of amides is 2. The second-order valence-electron chi connectivity index (χ2n) is 9.57. The van der Waals surface area contributed by atoms with Crippen molar-refractivity contribution >= 4 is 62.3 Å². The fourth-order valence-corrected chi connectivity index (χ4v) is 6.26. The van der Waals surface area contributed by atoms with Crippen LogP contribution in [0.1, 0.15) is 38.3 Å². The molecule has 3 aromatic rings. The summed E-state index contributed by atoms with van der Waals surface area (Å²) in [5, 5.41) is 3.84. The lowest BCUT2D eigenvalue weighted by atomic mass is 10.1. The Morgan fingerprint density at radius 2 is 1.52 bits per heavy atom. The molecular weight excluding hydrogens is 593 g/mol. The Morgan fingerprint density at radius 1 is 0.900 bits per heavy atom. The second kappa shape index (κ2) is 13.7. The highest BCUT2D eigenvalue weighted by atomic mass is 35.5. The number of carbonyl (C=O) groups excluding carboxylic acids is 2. The van der Waals surface area contributed by atoms with Gasteiger partial charge in [0.15, 0.2) is 0 Å². The Balaban J connectivity index is 2.12. The average molecular weight is 625 g/mol. The van der Waals surface area contributed by atoms with Crippen LogP contribution in [-0.4, -0.2) is 43.8 Å². The number of benzene rings is 3. The summed E-state index contributed by atoms with van der Waals surface area (Å²) in [6.45, 7) is 6.51. The topological polar surface area (TPSA) is 86.8 Å². The lowest BCUT2D eigenvalue weighted by molar-refractivity contribution is -0.140. The van der Waals surface area contributed by atoms with Gasteiger partial charge in [0.1, 0.15) is 12.6 Å². The highest BCUT2D eigenvalue weighted by Gasteiger charge is 2.34. The highest BCUT2D eigenvalue weighted by Crippen LogP contribution is 2.30. The van der Waals surface area contributed by atoms with Crippen LogP contribution in [0.2, 0.25) is 15.1 Å². The second-order valence-corrected chi connectivity index (χ2v) is 12.7. The molecule has 0 aliphatic carbocycles. The Morgan fingerprint density at radius 3 is 2.08 bits per heavy atom. The van der Waals surface area contributed by atoms with Crippen molar-refractivity contribution < 1.29 is 18.0 Å². The third-order valence-electron chi connectivity index (χ3n) is 6.26. The van der Waals surface area contributed by atoms with Crippen LogP contribution < -0.4 is 9.62 Å². The maximum Gasteiger partial charge on any atom is 0.264 e. The summed E-state index contributed by atoms with van der Waals surface area (Å²) in [5.41, 5.74) is 1.41. The van der Waals surface area contributed by atoms with Crippen molar-refractivity contribution in [3.05, 3.63) is 92.9 Å². The minimum absolute atomic E-state index is 0.00443. The monoisotopic (exact) mass is 623 g/mol. The van der Waals surface area contributed by atoms with Crippen LogP contribution in [0.5, 0.6) is 0 Å². The lowest BCUT2D eigenvalue weighted by Gasteiger charge is -2.34. The molecule has 40 heavy (non-hydrogen) atoms. The SMILES string of the molecule is CC[C@@H](C(=O)NC(C)C)N(Cc1c(Cl)cccc1Cl)C(=O)CN(c1ccc(C)c(Cl)c1)S(=O)(=O)c1ccccc1. The van der Waals surface area contributed by atoms with Gasteiger partial charge in [-0.1, -0.05) is 72.1 Å². The number of rotatable bonds is 11. The van der Waals surface area contributed by atoms with Gasteiger partial charge in [-0.2, -0.15) is 0 Å². The van der Waals surface area contributed by atoms with E-state index in [2.05, 4.69) is 5.32 Å². The van der Waals surface area contributed by atoms with E-state index in [0.29, 0.717) is 20.6 Å². The quantitative estimate of drug-likeness (QED) is 0.265. The number of hydrogen-bond acceptors (Lipinski definition) is 4. The zero-order chi connectivity index (χ0) is 29.6. The molecule has 3 aromatic carbocycles. The summed E-state index contributed by atoms with van der Waals surface area (Å²) >= 11 is 19.2. The van der Waals surface area contributed by atoms with Crippen LogP contribution in [0.15, 0.2) is 71.6 Å². The predicted molar refractivity (Wildman–Crippen MR) is 162 cm³/mol. The van der Waals surface area contributed by atoms with Gasteiger partial charge in [0, 0.05) is 33.2 Å². The van der Waals surface area contributed by atoms with Gasteiger partial charge in [0.2, 0.25) is 11.8 Å². The maximum atomic E-state index is 14.1. The van der Waals surface area contributed by atoms with E-state index in [9.17, 15) is 18.0 Å². The largest absolute Gasteiger partial charge is 0.352 e. The Bertz CT molecular complexity index is 1450. The van der Waals surface area contributed by atoms with Gasteiger partial charge < -0.3 is 10.2 Å². The first-order valence-electron chi connectivity index (χ1n) is 12.7. The fraction of sp³-hybridized carbons (Fsp3) is 0.310. The van der Waals surface area contributed by atoms with E-state index in [4.69, 9.17) is 34.8 Å². The van der Waals surface area contributed by atoms with Crippen LogP contribution in [0.4, 0.5) is 5.69 Å². The molecule has 0 spiro atoms. The van der Waals surface area contributed by atoms with Gasteiger partial charge >= 0.3 is 0 Å². The van der Waals surface area contributed by atoms with Crippen molar-refractivity contribution in [3.63, 3.8) is 0 Å². The minimum Gasteiger partial charge on any atom is -0.352 e. The summed E-state index contributed by atoms with van der Waals surface area (Å²) < 4.78 is 28.7. The van der Waals surface area contributed by atoms with Gasteiger partial charge in [0.25, 0.3) is 10.0 Å². The number of carbonyl (C=O) groups is 2. The molecule has 2 amide bonds. The van der Waals surface area contributed by atoms with E-state index in [1.54, 1.807) is 62.4 Å². The molecule has 0 heterocycles. The fourth-order valence-electron chi connectivity index (χ4n) is 4.14. The standard InChI is InChI=1S/C29H32Cl3N3O4S/c1-5-27(29(37)33-19(2)3)34(17-23-24(30)12-9-13-25(23)31)28(36)18-35(21-15-14-20(4)26(32)16-21)40(38,39)22-10-7-6-8-11-22/h6-16,19,27H,5,17-18H2,1-4H3,(H,33,37)/t27-/m0/s1. The summed E-state index contributed by atoms with van der Waals surface area (Å²) in [5.74, 6) is -0.984. The number of aryl methyl sites for hydroxylation is 1. The van der Waals surface area contributed by atoms with E-state index >= 15 is 0 Å². The van der Waals surface area contributed by atoms with Crippen molar-refractivity contribution in [2.45, 2.75) is 57.6 Å². The molecular formula is C29H32Cl3N3O4S. The zero-order valence-electron chi connectivity index (χ0n) is 22.7. The van der Waals surface area contributed by atoms with Crippen LogP contribution in [0.3, 0.4) is 0 Å². The number of nitrogens with zero attached hydrogens (tertiary/aromatic N) is 2. The van der Waals surface area contributed by atoms with Crippen LogP contribution >= 0.6 is 34.8 Å². The van der Waals surface area contributed by atoms with Gasteiger partial charge in [0.05, 0.1) is 10.6 Å². The summed E-state index contributed by atoms with van der Waals surface area (Å²) in [4.78, 5) is 28.7. The molecule has 0 saturated heterocycles. The Labute approximate surface area is 251 Å². The van der Waals surface area contributed by atoms with Gasteiger partial charge in [-0.05, 0) is 69.2 Å². The van der Waals surface area contributed by atoms with Crippen molar-refractivity contribution in [2.75, 3.05) is 10.8 Å². The first-order chi connectivity index (χ1) is 18.9. The molecule has 0 aliphatic rings. The molecule has 0 fully saturated rings. The smallest absolute Gasteiger partial charge is 0.264 e. The number of anilines is 1. The van der Waals surface area contributed by atoms with Crippen LogP contribution in [0, 0.1) is 6.92 Å². The van der Waals surface area contributed by atoms with Crippen molar-refractivity contribution in [1.29, 1.82) is 0 Å². The van der Waals surface area contributed by atoms with E-state index in [0.717, 1.165) is 9.87 Å². The van der Waals surface area contributed by atoms with Crippen molar-refractivity contribution in [3.8, 4) is 0 Å². The number of nitrogens with one attached hydrogen (secondary N) is 1. The van der Waals surface area contributed by atoms with Gasteiger partial charge in [-0.15, -0.1) is 0 Å². The first-order valence-corrected chi connectivity index (χ1v) is 15.3. The number of hydrogen-bond donors (Lipinski definition) is 1. The normalized spacial score (nSPS) is 12.2. The lowest BCUT2D eigenvalue weighted by Crippen LogP contribution is -2.53. The third-order valence-corrected chi connectivity index (χ3v) is 9.16. The molecule has 0 bridgehead atoms. The van der Waals surface area contributed by atoms with Crippen molar-refractivity contribution in [1.82, 2.24) is 10.2 Å². The molecule has 3 rings (SSSR count). The summed E-state index contributed by atoms with van der Waals surface area (Å²) in [7, 11) is -4.20. The number of sulfonamides is 1. The first kappa shape index (κ1) is 31.7. The molecule has 1 N–H and O–H groups in total. The third kappa shape index (κ3) is 7.49. The van der Waals surface area contributed by atoms with E-state index in [1.807, 2.05) is 13.8 Å². The Hall–Kier alpha value is -2.78. The van der Waals surface area contributed by atoms with Gasteiger partial charge in [-0.3, -0.25) is 13.9 Å². The van der Waals surface area contributed by atoms with E-state index < -0.39 is 28.5 Å². The minimum atomic E-state index is -4.20. The maximum absolute atomic E-state index is 14.1. The van der Waals surface area contributed by atoms with Crippen LogP contribution in [-0.2, 0) is 26.2 Å². The molecule has 7 nitrogen and oxygen atoms in total. The molecule has 11 heteroatoms. The average Bonchev–Trinajstić information content (AvgIpc) is 2.90. The Kier molecular flexibility index (Phi) is 10.9. The molecule has 0 aliphatic heterocycles. The molecule has 214 valence electrons. The van der Waals surface area contributed by atoms with Gasteiger partial charge in [-0.25, -0.2) is 8.42 Å². The molecule has 0 saturated carbocycles. The summed E-state index contributed by atoms with van der Waals surface area (Å²) in [6.07, 6.45) is 0.272. The van der Waals surface area contributed by atoms with Crippen molar-refractivity contribution in [2.24, 2.45) is 0 Å². The predicted octanol–water partition coefficient (Wildman–Crippen LogP) is 6.48. The summed E-state index contributed by atoms with van der Waals surface area (Å²) in [6, 6.07) is 16.5. The molecule has 0 aromatic heterocycles.